The lowest BCUT2D eigenvalue weighted by Gasteiger charge is -2.23. The molecule has 0 radical (unpaired) electrons. The second kappa shape index (κ2) is 8.21. The number of hydrogen-bond donors (Lipinski definition) is 1. The van der Waals surface area contributed by atoms with Crippen LogP contribution in [0.3, 0.4) is 0 Å². The number of hydrogen-bond acceptors (Lipinski definition) is 4. The standard InChI is InChI=1S/C21H30N4O.ClH/c1-16-20(13-24-11-9-21(15-24)8-10-22-14-21)17(2)25(23-16)12-18-4-6-19(26-3)7-5-18;/h4-7,22H,8-15H2,1-3H3;1H. The van der Waals surface area contributed by atoms with Crippen molar-refractivity contribution in [1.29, 1.82) is 0 Å². The Kier molecular flexibility index (Phi) is 6.14. The molecule has 3 heterocycles. The Labute approximate surface area is 168 Å². The molecule has 1 aromatic carbocycles. The number of rotatable bonds is 5. The molecule has 148 valence electrons. The molecule has 1 aromatic heterocycles. The van der Waals surface area contributed by atoms with E-state index in [0.717, 1.165) is 18.8 Å². The smallest absolute Gasteiger partial charge is 0.118 e. The van der Waals surface area contributed by atoms with Gasteiger partial charge in [-0.25, -0.2) is 0 Å². The van der Waals surface area contributed by atoms with Crippen LogP contribution >= 0.6 is 12.4 Å². The lowest BCUT2D eigenvalue weighted by molar-refractivity contribution is 0.268. The van der Waals surface area contributed by atoms with Gasteiger partial charge in [-0.05, 0) is 62.9 Å². The van der Waals surface area contributed by atoms with Crippen molar-refractivity contribution in [2.45, 2.75) is 39.8 Å². The molecule has 2 fully saturated rings. The van der Waals surface area contributed by atoms with E-state index in [2.05, 4.69) is 40.9 Å². The van der Waals surface area contributed by atoms with E-state index in [9.17, 15) is 0 Å². The molecule has 27 heavy (non-hydrogen) atoms. The minimum absolute atomic E-state index is 0. The highest BCUT2D eigenvalue weighted by molar-refractivity contribution is 5.85. The maximum atomic E-state index is 5.25. The van der Waals surface area contributed by atoms with Crippen molar-refractivity contribution < 1.29 is 4.74 Å². The summed E-state index contributed by atoms with van der Waals surface area (Å²) in [6.45, 7) is 11.0. The van der Waals surface area contributed by atoms with Crippen LogP contribution in [-0.4, -0.2) is 48.0 Å². The summed E-state index contributed by atoms with van der Waals surface area (Å²) >= 11 is 0. The summed E-state index contributed by atoms with van der Waals surface area (Å²) in [4.78, 5) is 2.63. The van der Waals surface area contributed by atoms with Crippen molar-refractivity contribution >= 4 is 12.4 Å². The molecule has 1 atom stereocenters. The summed E-state index contributed by atoms with van der Waals surface area (Å²) in [6, 6.07) is 8.26. The Morgan fingerprint density at radius 2 is 1.93 bits per heavy atom. The minimum Gasteiger partial charge on any atom is -0.497 e. The minimum atomic E-state index is 0. The zero-order valence-corrected chi connectivity index (χ0v) is 17.4. The molecule has 6 heteroatoms. The molecule has 0 bridgehead atoms. The molecule has 4 rings (SSSR count). The first-order chi connectivity index (χ1) is 12.6. The number of benzene rings is 1. The van der Waals surface area contributed by atoms with Gasteiger partial charge >= 0.3 is 0 Å². The normalized spacial score (nSPS) is 22.3. The Morgan fingerprint density at radius 3 is 2.59 bits per heavy atom. The van der Waals surface area contributed by atoms with Crippen molar-refractivity contribution in [1.82, 2.24) is 20.0 Å². The number of likely N-dealkylation sites (tertiary alicyclic amines) is 1. The maximum absolute atomic E-state index is 5.25. The van der Waals surface area contributed by atoms with Crippen molar-refractivity contribution in [3.8, 4) is 5.75 Å². The number of aryl methyl sites for hydroxylation is 1. The van der Waals surface area contributed by atoms with Crippen LogP contribution in [-0.2, 0) is 13.1 Å². The highest BCUT2D eigenvalue weighted by atomic mass is 35.5. The van der Waals surface area contributed by atoms with E-state index < -0.39 is 0 Å². The monoisotopic (exact) mass is 390 g/mol. The molecule has 0 aliphatic carbocycles. The third kappa shape index (κ3) is 4.15. The first-order valence-electron chi connectivity index (χ1n) is 9.67. The third-order valence-corrected chi connectivity index (χ3v) is 6.25. The second-order valence-corrected chi connectivity index (χ2v) is 8.04. The van der Waals surface area contributed by atoms with Crippen LogP contribution in [0.5, 0.6) is 5.75 Å². The fourth-order valence-electron chi connectivity index (χ4n) is 4.55. The molecule has 1 spiro atoms. The Morgan fingerprint density at radius 1 is 1.15 bits per heavy atom. The maximum Gasteiger partial charge on any atom is 0.118 e. The van der Waals surface area contributed by atoms with Gasteiger partial charge in [0.15, 0.2) is 0 Å². The van der Waals surface area contributed by atoms with E-state index in [-0.39, 0.29) is 12.4 Å². The summed E-state index contributed by atoms with van der Waals surface area (Å²) in [5.41, 5.74) is 5.65. The van der Waals surface area contributed by atoms with Gasteiger partial charge in [0, 0.05) is 30.9 Å². The van der Waals surface area contributed by atoms with Gasteiger partial charge in [0.05, 0.1) is 19.3 Å². The van der Waals surface area contributed by atoms with Crippen LogP contribution in [0, 0.1) is 19.3 Å². The van der Waals surface area contributed by atoms with Crippen LogP contribution in [0.25, 0.3) is 0 Å². The first kappa shape index (κ1) is 20.2. The van der Waals surface area contributed by atoms with Crippen molar-refractivity contribution in [2.24, 2.45) is 5.41 Å². The Hall–Kier alpha value is -1.56. The topological polar surface area (TPSA) is 42.3 Å². The van der Waals surface area contributed by atoms with Crippen LogP contribution in [0.1, 0.15) is 35.4 Å². The summed E-state index contributed by atoms with van der Waals surface area (Å²) in [5, 5.41) is 8.38. The zero-order valence-electron chi connectivity index (χ0n) is 16.6. The molecule has 1 N–H and O–H groups in total. The fraction of sp³-hybridized carbons (Fsp3) is 0.571. The average molecular weight is 391 g/mol. The lowest BCUT2D eigenvalue weighted by atomic mass is 9.86. The number of aromatic nitrogens is 2. The third-order valence-electron chi connectivity index (χ3n) is 6.25. The highest BCUT2D eigenvalue weighted by Crippen LogP contribution is 2.37. The van der Waals surface area contributed by atoms with E-state index in [4.69, 9.17) is 9.84 Å². The molecule has 0 amide bonds. The predicted octanol–water partition coefficient (Wildman–Crippen LogP) is 3.16. The molecule has 1 unspecified atom stereocenters. The van der Waals surface area contributed by atoms with Gasteiger partial charge in [-0.3, -0.25) is 9.58 Å². The van der Waals surface area contributed by atoms with E-state index in [0.29, 0.717) is 5.41 Å². The number of ether oxygens (including phenoxy) is 1. The highest BCUT2D eigenvalue weighted by Gasteiger charge is 2.40. The van der Waals surface area contributed by atoms with Gasteiger partial charge in [-0.2, -0.15) is 5.10 Å². The molecule has 0 saturated carbocycles. The number of nitrogens with zero attached hydrogens (tertiary/aromatic N) is 3. The van der Waals surface area contributed by atoms with Gasteiger partial charge in [-0.15, -0.1) is 12.4 Å². The molecule has 2 saturated heterocycles. The molecule has 2 aliphatic rings. The predicted molar refractivity (Wildman–Crippen MR) is 111 cm³/mol. The van der Waals surface area contributed by atoms with Gasteiger partial charge in [0.25, 0.3) is 0 Å². The average Bonchev–Trinajstić information content (AvgIpc) is 3.34. The van der Waals surface area contributed by atoms with Gasteiger partial charge in [-0.1, -0.05) is 12.1 Å². The SMILES string of the molecule is COc1ccc(Cn2nc(C)c(CN3CCC4(CCNC4)C3)c2C)cc1.Cl. The van der Waals surface area contributed by atoms with Crippen LogP contribution in [0.2, 0.25) is 0 Å². The van der Waals surface area contributed by atoms with Crippen LogP contribution in [0.4, 0.5) is 0 Å². The van der Waals surface area contributed by atoms with Crippen LogP contribution in [0.15, 0.2) is 24.3 Å². The molecule has 2 aromatic rings. The fourth-order valence-corrected chi connectivity index (χ4v) is 4.55. The summed E-state index contributed by atoms with van der Waals surface area (Å²) < 4.78 is 7.40. The van der Waals surface area contributed by atoms with Crippen LogP contribution < -0.4 is 10.1 Å². The number of halogens is 1. The zero-order chi connectivity index (χ0) is 18.1. The summed E-state index contributed by atoms with van der Waals surface area (Å²) in [5.74, 6) is 0.896. The van der Waals surface area contributed by atoms with Crippen molar-refractivity contribution in [3.05, 3.63) is 46.8 Å². The molecule has 2 aliphatic heterocycles. The first-order valence-corrected chi connectivity index (χ1v) is 9.67. The molecular formula is C21H31ClN4O. The van der Waals surface area contributed by atoms with Gasteiger partial charge < -0.3 is 10.1 Å². The van der Waals surface area contributed by atoms with Gasteiger partial charge in [0.2, 0.25) is 0 Å². The van der Waals surface area contributed by atoms with Crippen molar-refractivity contribution in [2.75, 3.05) is 33.3 Å². The molecule has 5 nitrogen and oxygen atoms in total. The largest absolute Gasteiger partial charge is 0.497 e. The Bertz CT molecular complexity index is 765. The number of methoxy groups -OCH3 is 1. The van der Waals surface area contributed by atoms with Gasteiger partial charge in [0.1, 0.15) is 5.75 Å². The van der Waals surface area contributed by atoms with Crippen molar-refractivity contribution in [3.63, 3.8) is 0 Å². The molecular weight excluding hydrogens is 360 g/mol. The number of nitrogens with one attached hydrogen (secondary N) is 1. The summed E-state index contributed by atoms with van der Waals surface area (Å²) in [7, 11) is 1.70. The second-order valence-electron chi connectivity index (χ2n) is 8.04. The Balaban J connectivity index is 0.00000210. The summed E-state index contributed by atoms with van der Waals surface area (Å²) in [6.07, 6.45) is 2.66. The van der Waals surface area contributed by atoms with E-state index in [1.54, 1.807) is 7.11 Å². The van der Waals surface area contributed by atoms with E-state index >= 15 is 0 Å². The van der Waals surface area contributed by atoms with E-state index in [1.807, 2.05) is 12.1 Å². The lowest BCUT2D eigenvalue weighted by Crippen LogP contribution is -2.29. The van der Waals surface area contributed by atoms with E-state index in [1.165, 1.54) is 61.5 Å². The quantitative estimate of drug-likeness (QED) is 0.851.